The van der Waals surface area contributed by atoms with E-state index in [2.05, 4.69) is 31.2 Å². The molecule has 0 saturated heterocycles. The summed E-state index contributed by atoms with van der Waals surface area (Å²) in [5, 5.41) is 0. The highest BCUT2D eigenvalue weighted by Crippen LogP contribution is 2.14. The van der Waals surface area contributed by atoms with Gasteiger partial charge in [0, 0.05) is 6.42 Å². The van der Waals surface area contributed by atoms with Gasteiger partial charge in [0.25, 0.3) is 0 Å². The van der Waals surface area contributed by atoms with E-state index in [1.165, 1.54) is 11.1 Å². The second-order valence-electron chi connectivity index (χ2n) is 6.11. The van der Waals surface area contributed by atoms with E-state index in [0.717, 1.165) is 30.3 Å². The molecule has 0 radical (unpaired) electrons. The fourth-order valence-corrected chi connectivity index (χ4v) is 2.85. The summed E-state index contributed by atoms with van der Waals surface area (Å²) in [7, 11) is 0. The highest BCUT2D eigenvalue weighted by Gasteiger charge is 2.14. The van der Waals surface area contributed by atoms with Gasteiger partial charge in [-0.1, -0.05) is 48.4 Å². The maximum Gasteiger partial charge on any atom is 0.426 e. The highest BCUT2D eigenvalue weighted by molar-refractivity contribution is 5.88. The number of unbranched alkanes of at least 4 members (excludes halogenated alkanes) is 2. The van der Waals surface area contributed by atoms with Crippen LogP contribution in [0.25, 0.3) is 11.1 Å². The predicted octanol–water partition coefficient (Wildman–Crippen LogP) is 4.35. The summed E-state index contributed by atoms with van der Waals surface area (Å²) in [5.41, 5.74) is 3.59. The van der Waals surface area contributed by atoms with Crippen molar-refractivity contribution in [2.45, 2.75) is 39.0 Å². The molecule has 124 valence electrons. The molecule has 0 spiro atoms. The van der Waals surface area contributed by atoms with E-state index in [0.29, 0.717) is 17.5 Å². The lowest BCUT2D eigenvalue weighted by molar-refractivity contribution is 0.0895. The molecule has 3 aromatic rings. The van der Waals surface area contributed by atoms with E-state index in [-0.39, 0.29) is 5.91 Å². The van der Waals surface area contributed by atoms with E-state index in [9.17, 15) is 9.59 Å². The van der Waals surface area contributed by atoms with Crippen LogP contribution in [-0.4, -0.2) is 10.5 Å². The molecular weight excluding hydrogens is 302 g/mol. The Morgan fingerprint density at radius 1 is 1.00 bits per heavy atom. The number of para-hydroxylation sites is 2. The minimum Gasteiger partial charge on any atom is -0.407 e. The molecule has 0 unspecified atom stereocenters. The molecule has 4 nitrogen and oxygen atoms in total. The largest absolute Gasteiger partial charge is 0.426 e. The molecule has 1 heterocycles. The van der Waals surface area contributed by atoms with Crippen LogP contribution in [0.15, 0.2) is 57.7 Å². The number of rotatable bonds is 6. The van der Waals surface area contributed by atoms with Gasteiger partial charge in [-0.05, 0) is 43.9 Å². The molecule has 2 aromatic carbocycles. The average molecular weight is 323 g/mol. The average Bonchev–Trinajstić information content (AvgIpc) is 2.92. The Bertz CT molecular complexity index is 887. The van der Waals surface area contributed by atoms with Crippen LogP contribution in [0.4, 0.5) is 0 Å². The molecule has 0 saturated carbocycles. The first-order valence-electron chi connectivity index (χ1n) is 8.34. The van der Waals surface area contributed by atoms with Crippen LogP contribution in [0.5, 0.6) is 0 Å². The molecule has 0 atom stereocenters. The number of oxazole rings is 1. The van der Waals surface area contributed by atoms with Crippen LogP contribution in [0.2, 0.25) is 0 Å². The summed E-state index contributed by atoms with van der Waals surface area (Å²) in [6.45, 7) is 2.08. The lowest BCUT2D eigenvalue weighted by Crippen LogP contribution is -2.22. The van der Waals surface area contributed by atoms with Crippen molar-refractivity contribution in [1.82, 2.24) is 4.57 Å². The van der Waals surface area contributed by atoms with E-state index < -0.39 is 5.76 Å². The summed E-state index contributed by atoms with van der Waals surface area (Å²) >= 11 is 0. The number of fused-ring (bicyclic) bond motifs is 1. The first kappa shape index (κ1) is 16.2. The Morgan fingerprint density at radius 2 is 1.75 bits per heavy atom. The number of hydrogen-bond donors (Lipinski definition) is 0. The van der Waals surface area contributed by atoms with Crippen LogP contribution in [-0.2, 0) is 6.42 Å². The Hall–Kier alpha value is -2.62. The van der Waals surface area contributed by atoms with Crippen molar-refractivity contribution in [3.05, 3.63) is 70.2 Å². The Balaban J connectivity index is 1.51. The molecule has 24 heavy (non-hydrogen) atoms. The summed E-state index contributed by atoms with van der Waals surface area (Å²) in [6, 6.07) is 15.5. The molecule has 0 amide bonds. The van der Waals surface area contributed by atoms with Gasteiger partial charge in [-0.2, -0.15) is 0 Å². The molecule has 0 aliphatic heterocycles. The molecule has 0 aliphatic rings. The predicted molar refractivity (Wildman–Crippen MR) is 94.5 cm³/mol. The zero-order chi connectivity index (χ0) is 16.9. The van der Waals surface area contributed by atoms with Crippen LogP contribution >= 0.6 is 0 Å². The molecule has 1 aromatic heterocycles. The van der Waals surface area contributed by atoms with Crippen molar-refractivity contribution in [2.75, 3.05) is 0 Å². The van der Waals surface area contributed by atoms with Gasteiger partial charge in [-0.15, -0.1) is 0 Å². The van der Waals surface area contributed by atoms with Crippen molar-refractivity contribution in [3.63, 3.8) is 0 Å². The summed E-state index contributed by atoms with van der Waals surface area (Å²) in [6.07, 6.45) is 4.15. The monoisotopic (exact) mass is 323 g/mol. The van der Waals surface area contributed by atoms with E-state index >= 15 is 0 Å². The van der Waals surface area contributed by atoms with Crippen LogP contribution < -0.4 is 5.76 Å². The molecule has 0 N–H and O–H groups in total. The second kappa shape index (κ2) is 7.30. The van der Waals surface area contributed by atoms with Crippen molar-refractivity contribution < 1.29 is 9.21 Å². The van der Waals surface area contributed by atoms with Crippen molar-refractivity contribution >= 4 is 17.0 Å². The number of carbonyl (C=O) groups excluding carboxylic acids is 1. The first-order valence-corrected chi connectivity index (χ1v) is 8.34. The normalized spacial score (nSPS) is 11.0. The number of hydrogen-bond acceptors (Lipinski definition) is 3. The van der Waals surface area contributed by atoms with E-state index in [4.69, 9.17) is 4.42 Å². The van der Waals surface area contributed by atoms with E-state index in [1.807, 2.05) is 0 Å². The molecule has 4 heteroatoms. The minimum atomic E-state index is -0.596. The van der Waals surface area contributed by atoms with Gasteiger partial charge in [0.1, 0.15) is 0 Å². The molecule has 0 bridgehead atoms. The van der Waals surface area contributed by atoms with Crippen molar-refractivity contribution in [3.8, 4) is 0 Å². The van der Waals surface area contributed by atoms with Gasteiger partial charge in [0.05, 0.1) is 5.52 Å². The van der Waals surface area contributed by atoms with Crippen LogP contribution in [0.3, 0.4) is 0 Å². The van der Waals surface area contributed by atoms with Crippen LogP contribution in [0, 0.1) is 6.92 Å². The van der Waals surface area contributed by atoms with Gasteiger partial charge >= 0.3 is 5.76 Å². The second-order valence-corrected chi connectivity index (χ2v) is 6.11. The first-order chi connectivity index (χ1) is 11.6. The van der Waals surface area contributed by atoms with Crippen molar-refractivity contribution in [2.24, 2.45) is 0 Å². The van der Waals surface area contributed by atoms with Gasteiger partial charge < -0.3 is 4.42 Å². The zero-order valence-electron chi connectivity index (χ0n) is 13.8. The Kier molecular flexibility index (Phi) is 4.94. The summed E-state index contributed by atoms with van der Waals surface area (Å²) in [5.74, 6) is -0.791. The summed E-state index contributed by atoms with van der Waals surface area (Å²) in [4.78, 5) is 24.2. The molecule has 0 aliphatic carbocycles. The van der Waals surface area contributed by atoms with Crippen molar-refractivity contribution in [1.29, 1.82) is 0 Å². The number of benzene rings is 2. The molecule has 0 fully saturated rings. The lowest BCUT2D eigenvalue weighted by Gasteiger charge is -2.03. The number of nitrogens with zero attached hydrogens (tertiary/aromatic N) is 1. The molecular formula is C20H21NO3. The van der Waals surface area contributed by atoms with Gasteiger partial charge in [-0.3, -0.25) is 4.79 Å². The summed E-state index contributed by atoms with van der Waals surface area (Å²) < 4.78 is 6.25. The van der Waals surface area contributed by atoms with E-state index in [1.54, 1.807) is 24.3 Å². The third-order valence-electron chi connectivity index (χ3n) is 4.21. The maximum absolute atomic E-state index is 12.3. The van der Waals surface area contributed by atoms with Gasteiger partial charge in [-0.25, -0.2) is 9.36 Å². The van der Waals surface area contributed by atoms with Gasteiger partial charge in [0.15, 0.2) is 5.58 Å². The highest BCUT2D eigenvalue weighted by atomic mass is 16.4. The molecule has 3 rings (SSSR count). The fraction of sp³-hybridized carbons (Fsp3) is 0.300. The third-order valence-corrected chi connectivity index (χ3v) is 4.21. The number of aryl methyl sites for hydroxylation is 2. The number of carbonyl (C=O) groups is 1. The standard InChI is InChI=1S/C20H21NO3/c1-15-11-13-16(14-12-15)7-3-2-4-10-19(22)21-17-8-5-6-9-18(17)24-20(21)23/h5-6,8-9,11-14H,2-4,7,10H2,1H3. The van der Waals surface area contributed by atoms with Crippen LogP contribution in [0.1, 0.15) is 41.6 Å². The third kappa shape index (κ3) is 3.65. The zero-order valence-corrected chi connectivity index (χ0v) is 13.8. The maximum atomic E-state index is 12.3. The fourth-order valence-electron chi connectivity index (χ4n) is 2.85. The number of aromatic nitrogens is 1. The Labute approximate surface area is 140 Å². The topological polar surface area (TPSA) is 52.2 Å². The minimum absolute atomic E-state index is 0.194. The lowest BCUT2D eigenvalue weighted by atomic mass is 10.0. The van der Waals surface area contributed by atoms with Gasteiger partial charge in [0.2, 0.25) is 5.91 Å². The Morgan fingerprint density at radius 3 is 2.54 bits per heavy atom. The quantitative estimate of drug-likeness (QED) is 0.634. The SMILES string of the molecule is Cc1ccc(CCCCCC(=O)n2c(=O)oc3ccccc32)cc1. The smallest absolute Gasteiger partial charge is 0.407 e.